The van der Waals surface area contributed by atoms with Crippen molar-refractivity contribution in [1.29, 1.82) is 0 Å². The molecule has 34 heavy (non-hydrogen) atoms. The number of nitrogens with zero attached hydrogens (tertiary/aromatic N) is 1. The zero-order valence-electron chi connectivity index (χ0n) is 20.4. The number of nitrogens with one attached hydrogen (secondary N) is 1. The third-order valence-corrected chi connectivity index (χ3v) is 7.65. The first-order valence-electron chi connectivity index (χ1n) is 12.8. The van der Waals surface area contributed by atoms with E-state index in [0.717, 1.165) is 69.4 Å². The van der Waals surface area contributed by atoms with E-state index in [2.05, 4.69) is 48.4 Å². The molecule has 1 aromatic heterocycles. The average molecular weight is 461 g/mol. The van der Waals surface area contributed by atoms with E-state index in [4.69, 9.17) is 9.47 Å². The van der Waals surface area contributed by atoms with Gasteiger partial charge in [0, 0.05) is 23.6 Å². The van der Waals surface area contributed by atoms with Gasteiger partial charge < -0.3 is 19.4 Å². The van der Waals surface area contributed by atoms with Crippen molar-refractivity contribution in [1.82, 2.24) is 9.88 Å². The summed E-state index contributed by atoms with van der Waals surface area (Å²) in [5.74, 6) is 1.65. The van der Waals surface area contributed by atoms with Crippen LogP contribution in [0.3, 0.4) is 0 Å². The van der Waals surface area contributed by atoms with Crippen LogP contribution in [0.2, 0.25) is 0 Å². The van der Waals surface area contributed by atoms with Gasteiger partial charge in [0.1, 0.15) is 0 Å². The number of aryl methyl sites for hydroxylation is 2. The smallest absolute Gasteiger partial charge is 0.210 e. The Balaban J connectivity index is 1.30. The minimum absolute atomic E-state index is 0.100. The van der Waals surface area contributed by atoms with Crippen molar-refractivity contribution in [2.24, 2.45) is 0 Å². The molecule has 1 amide bonds. The second-order valence-electron chi connectivity index (χ2n) is 9.94. The van der Waals surface area contributed by atoms with Crippen molar-refractivity contribution in [3.63, 3.8) is 0 Å². The summed E-state index contributed by atoms with van der Waals surface area (Å²) < 4.78 is 12.1. The van der Waals surface area contributed by atoms with E-state index < -0.39 is 0 Å². The number of benzene rings is 2. The third kappa shape index (κ3) is 4.66. The first-order valence-corrected chi connectivity index (χ1v) is 12.8. The van der Waals surface area contributed by atoms with Crippen LogP contribution in [0.25, 0.3) is 10.9 Å². The highest BCUT2D eigenvalue weighted by Crippen LogP contribution is 2.41. The minimum Gasteiger partial charge on any atom is -0.493 e. The fraction of sp³-hybridized carbons (Fsp3) is 0.483. The summed E-state index contributed by atoms with van der Waals surface area (Å²) >= 11 is 0. The number of amides is 1. The summed E-state index contributed by atoms with van der Waals surface area (Å²) in [5.41, 5.74) is 6.39. The van der Waals surface area contributed by atoms with Gasteiger partial charge in [-0.2, -0.15) is 0 Å². The monoisotopic (exact) mass is 460 g/mol. The molecule has 3 aromatic rings. The predicted octanol–water partition coefficient (Wildman–Crippen LogP) is 6.27. The Morgan fingerprint density at radius 2 is 1.97 bits per heavy atom. The number of H-pyrrole nitrogens is 1. The quantitative estimate of drug-likeness (QED) is 0.302. The maximum atomic E-state index is 11.9. The molecule has 1 aliphatic carbocycles. The van der Waals surface area contributed by atoms with Crippen LogP contribution in [0, 0.1) is 6.92 Å². The first kappa shape index (κ1) is 22.8. The molecule has 0 spiro atoms. The number of fused-ring (bicyclic) bond motifs is 2. The van der Waals surface area contributed by atoms with Crippen LogP contribution in [-0.4, -0.2) is 36.1 Å². The molecule has 0 bridgehead atoms. The number of carbonyl (C=O) groups excluding carboxylic acids is 1. The first-order chi connectivity index (χ1) is 16.7. The van der Waals surface area contributed by atoms with Gasteiger partial charge in [0.2, 0.25) is 6.41 Å². The van der Waals surface area contributed by atoms with Crippen LogP contribution >= 0.6 is 0 Å². The van der Waals surface area contributed by atoms with E-state index in [1.54, 1.807) is 7.11 Å². The van der Waals surface area contributed by atoms with Gasteiger partial charge in [-0.25, -0.2) is 0 Å². The minimum atomic E-state index is 0.100. The number of unbranched alkanes of at least 4 members (excludes halogenated alkanes) is 1. The van der Waals surface area contributed by atoms with Gasteiger partial charge in [-0.15, -0.1) is 0 Å². The number of aromatic nitrogens is 1. The lowest BCUT2D eigenvalue weighted by atomic mass is 9.89. The average Bonchev–Trinajstić information content (AvgIpc) is 3.51. The molecular weight excluding hydrogens is 424 g/mol. The van der Waals surface area contributed by atoms with Gasteiger partial charge in [-0.1, -0.05) is 18.1 Å². The topological polar surface area (TPSA) is 54.6 Å². The highest BCUT2D eigenvalue weighted by atomic mass is 16.5. The van der Waals surface area contributed by atoms with Crippen LogP contribution in [0.15, 0.2) is 36.5 Å². The molecule has 1 N–H and O–H groups in total. The van der Waals surface area contributed by atoms with Crippen LogP contribution in [0.5, 0.6) is 11.5 Å². The SMILES string of the molecule is COc1cc2c(cc1OC1CCCC1)C(CCCCc1c[nH]c3ccc(C)cc13)N(C=O)CC2. The normalized spacial score (nSPS) is 18.3. The van der Waals surface area contributed by atoms with Crippen molar-refractivity contribution in [2.75, 3.05) is 13.7 Å². The lowest BCUT2D eigenvalue weighted by Gasteiger charge is -2.35. The standard InChI is InChI=1S/C29H36N2O3/c1-20-11-12-26-24(15-20)22(18-30-26)7-3-6-10-27-25-17-29(34-23-8-4-5-9-23)28(33-2)16-21(25)13-14-31(27)19-32/h11-12,15-19,23,27,30H,3-10,13-14H2,1-2H3. The maximum Gasteiger partial charge on any atom is 0.210 e. The molecule has 2 aliphatic rings. The number of methoxy groups -OCH3 is 1. The van der Waals surface area contributed by atoms with E-state index in [-0.39, 0.29) is 12.1 Å². The molecule has 5 rings (SSSR count). The Morgan fingerprint density at radius 1 is 1.12 bits per heavy atom. The molecule has 5 nitrogen and oxygen atoms in total. The second-order valence-corrected chi connectivity index (χ2v) is 9.94. The molecule has 1 atom stereocenters. The second kappa shape index (κ2) is 10.1. The van der Waals surface area contributed by atoms with Gasteiger partial charge in [-0.05, 0) is 99.2 Å². The van der Waals surface area contributed by atoms with Gasteiger partial charge in [0.05, 0.1) is 19.3 Å². The van der Waals surface area contributed by atoms with Crippen molar-refractivity contribution >= 4 is 17.3 Å². The molecule has 1 saturated carbocycles. The maximum absolute atomic E-state index is 11.9. The highest BCUT2D eigenvalue weighted by molar-refractivity contribution is 5.83. The Kier molecular flexibility index (Phi) is 6.80. The molecular formula is C29H36N2O3. The summed E-state index contributed by atoms with van der Waals surface area (Å²) in [7, 11) is 1.72. The molecule has 2 aromatic carbocycles. The zero-order chi connectivity index (χ0) is 23.5. The Labute approximate surface area is 202 Å². The van der Waals surface area contributed by atoms with E-state index in [1.807, 2.05) is 4.90 Å². The largest absolute Gasteiger partial charge is 0.493 e. The van der Waals surface area contributed by atoms with Crippen LogP contribution in [-0.2, 0) is 17.6 Å². The van der Waals surface area contributed by atoms with E-state index in [9.17, 15) is 4.79 Å². The van der Waals surface area contributed by atoms with E-state index >= 15 is 0 Å². The van der Waals surface area contributed by atoms with Gasteiger partial charge >= 0.3 is 0 Å². The zero-order valence-corrected chi connectivity index (χ0v) is 20.4. The summed E-state index contributed by atoms with van der Waals surface area (Å²) in [6.45, 7) is 2.90. The number of carbonyl (C=O) groups is 1. The lowest BCUT2D eigenvalue weighted by molar-refractivity contribution is -0.120. The number of aromatic amines is 1. The number of hydrogen-bond donors (Lipinski definition) is 1. The summed E-state index contributed by atoms with van der Waals surface area (Å²) in [6.07, 6.45) is 13.2. The van der Waals surface area contributed by atoms with Crippen LogP contribution < -0.4 is 9.47 Å². The molecule has 180 valence electrons. The number of rotatable bonds is 9. The molecule has 0 saturated heterocycles. The lowest BCUT2D eigenvalue weighted by Crippen LogP contribution is -2.34. The Hall–Kier alpha value is -2.95. The van der Waals surface area contributed by atoms with Crippen molar-refractivity contribution in [2.45, 2.75) is 76.9 Å². The molecule has 1 fully saturated rings. The van der Waals surface area contributed by atoms with E-state index in [1.165, 1.54) is 46.0 Å². The molecule has 2 heterocycles. The van der Waals surface area contributed by atoms with Crippen LogP contribution in [0.4, 0.5) is 0 Å². The Bertz CT molecular complexity index is 1150. The summed E-state index contributed by atoms with van der Waals surface area (Å²) in [6, 6.07) is 11.0. The molecule has 1 aliphatic heterocycles. The fourth-order valence-corrected chi connectivity index (χ4v) is 5.77. The molecule has 1 unspecified atom stereocenters. The van der Waals surface area contributed by atoms with Crippen molar-refractivity contribution < 1.29 is 14.3 Å². The number of hydrogen-bond acceptors (Lipinski definition) is 3. The van der Waals surface area contributed by atoms with Gasteiger partial charge in [-0.3, -0.25) is 4.79 Å². The Morgan fingerprint density at radius 3 is 2.76 bits per heavy atom. The highest BCUT2D eigenvalue weighted by Gasteiger charge is 2.29. The molecule has 0 radical (unpaired) electrons. The van der Waals surface area contributed by atoms with Gasteiger partial charge in [0.15, 0.2) is 11.5 Å². The van der Waals surface area contributed by atoms with Crippen molar-refractivity contribution in [3.8, 4) is 11.5 Å². The van der Waals surface area contributed by atoms with Crippen molar-refractivity contribution in [3.05, 3.63) is 58.8 Å². The summed E-state index contributed by atoms with van der Waals surface area (Å²) in [5, 5.41) is 1.33. The number of ether oxygens (including phenoxy) is 2. The molecule has 5 heteroatoms. The van der Waals surface area contributed by atoms with E-state index in [0.29, 0.717) is 0 Å². The predicted molar refractivity (Wildman–Crippen MR) is 136 cm³/mol. The van der Waals surface area contributed by atoms with Gasteiger partial charge in [0.25, 0.3) is 0 Å². The summed E-state index contributed by atoms with van der Waals surface area (Å²) in [4.78, 5) is 17.3. The third-order valence-electron chi connectivity index (χ3n) is 7.65. The van der Waals surface area contributed by atoms with Crippen LogP contribution in [0.1, 0.15) is 73.2 Å². The fourth-order valence-electron chi connectivity index (χ4n) is 5.77.